The van der Waals surface area contributed by atoms with Crippen molar-refractivity contribution in [2.45, 2.75) is 104 Å². The molecule has 2 rings (SSSR count). The summed E-state index contributed by atoms with van der Waals surface area (Å²) in [7, 11) is 0. The number of rotatable bonds is 6. The van der Waals surface area contributed by atoms with Gasteiger partial charge in [0.1, 0.15) is 17.8 Å². The van der Waals surface area contributed by atoms with Gasteiger partial charge in [-0.3, -0.25) is 9.59 Å². The fourth-order valence-electron chi connectivity index (χ4n) is 4.67. The standard InChI is InChI=1S/C29H45NO8/c1-19(18-36-28(34)30-16-8-11-22(30)4)9-7-10-20(2)27-21(3)12-13-25(37-23(5)31)29(6,35)15-14-24(32)17-26(33)38-27/h7,9-10,12-13,19,21-22,24-25,27,32,35H,8,11,14-18H2,1-6H3/b9-7+,13-12-,20-10+/t19-,21+,22-,24-,25+,27-,29-/m1/s1. The number of nitrogens with zero attached hydrogens (tertiary/aromatic N) is 1. The van der Waals surface area contributed by atoms with E-state index in [9.17, 15) is 24.6 Å². The van der Waals surface area contributed by atoms with Gasteiger partial charge in [-0.1, -0.05) is 38.2 Å². The van der Waals surface area contributed by atoms with Crippen molar-refractivity contribution in [1.29, 1.82) is 0 Å². The van der Waals surface area contributed by atoms with Gasteiger partial charge in [-0.25, -0.2) is 4.79 Å². The second-order valence-corrected chi connectivity index (χ2v) is 11.0. The van der Waals surface area contributed by atoms with Gasteiger partial charge < -0.3 is 29.3 Å². The topological polar surface area (TPSA) is 123 Å². The van der Waals surface area contributed by atoms with Crippen LogP contribution in [0.1, 0.15) is 73.6 Å². The average Bonchev–Trinajstić information content (AvgIpc) is 3.27. The zero-order valence-corrected chi connectivity index (χ0v) is 23.6. The van der Waals surface area contributed by atoms with Gasteiger partial charge in [-0.2, -0.15) is 0 Å². The maximum absolute atomic E-state index is 12.6. The summed E-state index contributed by atoms with van der Waals surface area (Å²) in [5, 5.41) is 21.3. The van der Waals surface area contributed by atoms with Gasteiger partial charge in [0.2, 0.25) is 0 Å². The van der Waals surface area contributed by atoms with E-state index in [0.29, 0.717) is 0 Å². The van der Waals surface area contributed by atoms with Crippen molar-refractivity contribution in [1.82, 2.24) is 4.90 Å². The number of aliphatic hydroxyl groups is 2. The highest BCUT2D eigenvalue weighted by Crippen LogP contribution is 2.27. The molecular weight excluding hydrogens is 490 g/mol. The second kappa shape index (κ2) is 14.5. The van der Waals surface area contributed by atoms with Crippen molar-refractivity contribution in [2.24, 2.45) is 11.8 Å². The van der Waals surface area contributed by atoms with E-state index in [1.807, 2.05) is 45.9 Å². The molecule has 38 heavy (non-hydrogen) atoms. The van der Waals surface area contributed by atoms with E-state index >= 15 is 0 Å². The van der Waals surface area contributed by atoms with E-state index in [0.717, 1.165) is 25.0 Å². The fraction of sp³-hybridized carbons (Fsp3) is 0.690. The molecular formula is C29H45NO8. The second-order valence-electron chi connectivity index (χ2n) is 11.0. The van der Waals surface area contributed by atoms with Gasteiger partial charge >= 0.3 is 18.0 Å². The molecule has 0 radical (unpaired) electrons. The van der Waals surface area contributed by atoms with E-state index in [2.05, 4.69) is 0 Å². The Morgan fingerprint density at radius 2 is 1.97 bits per heavy atom. The SMILES string of the molecule is CC(=O)O[C@H]1/C=C\[C@H](C)[C@@H](/C(C)=C/C=C/[C@@H](C)COC(=O)N2CCC[C@H]2C)OC(=O)C[C@H](O)CC[C@@]1(C)O. The Morgan fingerprint density at radius 1 is 1.26 bits per heavy atom. The molecule has 2 heterocycles. The number of allylic oxidation sites excluding steroid dienone is 2. The number of amides is 1. The molecule has 0 saturated carbocycles. The van der Waals surface area contributed by atoms with Crippen molar-refractivity contribution in [3.8, 4) is 0 Å². The number of esters is 2. The molecule has 214 valence electrons. The number of carbonyl (C=O) groups excluding carboxylic acids is 3. The van der Waals surface area contributed by atoms with Crippen LogP contribution in [0.2, 0.25) is 0 Å². The molecule has 0 aliphatic carbocycles. The van der Waals surface area contributed by atoms with Crippen LogP contribution in [0.4, 0.5) is 4.79 Å². The molecule has 2 N–H and O–H groups in total. The molecule has 0 unspecified atom stereocenters. The maximum atomic E-state index is 12.6. The van der Waals surface area contributed by atoms with Gasteiger partial charge in [0.25, 0.3) is 0 Å². The molecule has 0 bridgehead atoms. The van der Waals surface area contributed by atoms with Crippen LogP contribution in [0.3, 0.4) is 0 Å². The predicted molar refractivity (Wildman–Crippen MR) is 143 cm³/mol. The zero-order chi connectivity index (χ0) is 28.5. The quantitative estimate of drug-likeness (QED) is 0.226. The van der Waals surface area contributed by atoms with Crippen molar-refractivity contribution in [2.75, 3.05) is 13.2 Å². The number of hydrogen-bond donors (Lipinski definition) is 2. The third-order valence-electron chi connectivity index (χ3n) is 7.12. The minimum Gasteiger partial charge on any atom is -0.457 e. The minimum absolute atomic E-state index is 0.0149. The Hall–Kier alpha value is -2.65. The molecule has 0 aromatic rings. The van der Waals surface area contributed by atoms with Gasteiger partial charge in [0.05, 0.1) is 19.1 Å². The molecule has 0 aromatic heterocycles. The van der Waals surface area contributed by atoms with E-state index in [1.54, 1.807) is 24.0 Å². The van der Waals surface area contributed by atoms with Crippen LogP contribution in [-0.2, 0) is 23.8 Å². The summed E-state index contributed by atoms with van der Waals surface area (Å²) < 4.78 is 16.6. The summed E-state index contributed by atoms with van der Waals surface area (Å²) >= 11 is 0. The van der Waals surface area contributed by atoms with Crippen molar-refractivity contribution in [3.05, 3.63) is 36.0 Å². The summed E-state index contributed by atoms with van der Waals surface area (Å²) in [6.07, 6.45) is 8.21. The lowest BCUT2D eigenvalue weighted by atomic mass is 9.88. The lowest BCUT2D eigenvalue weighted by Crippen LogP contribution is -2.42. The van der Waals surface area contributed by atoms with E-state index in [1.165, 1.54) is 6.92 Å². The minimum atomic E-state index is -1.42. The number of cyclic esters (lactones) is 1. The van der Waals surface area contributed by atoms with Crippen LogP contribution in [-0.4, -0.2) is 76.3 Å². The lowest BCUT2D eigenvalue weighted by Gasteiger charge is -2.32. The molecule has 0 spiro atoms. The van der Waals surface area contributed by atoms with Gasteiger partial charge in [-0.05, 0) is 58.1 Å². The average molecular weight is 536 g/mol. The summed E-state index contributed by atoms with van der Waals surface area (Å²) in [6.45, 7) is 11.5. The van der Waals surface area contributed by atoms with E-state index in [-0.39, 0.29) is 49.8 Å². The summed E-state index contributed by atoms with van der Waals surface area (Å²) in [6, 6.07) is 0.208. The van der Waals surface area contributed by atoms with Crippen LogP contribution in [0.15, 0.2) is 36.0 Å². The smallest absolute Gasteiger partial charge is 0.410 e. The van der Waals surface area contributed by atoms with Crippen molar-refractivity contribution in [3.63, 3.8) is 0 Å². The molecule has 9 nitrogen and oxygen atoms in total. The molecule has 1 fully saturated rings. The van der Waals surface area contributed by atoms with Crippen molar-refractivity contribution >= 4 is 18.0 Å². The Labute approximate surface area is 226 Å². The molecule has 2 aliphatic rings. The summed E-state index contributed by atoms with van der Waals surface area (Å²) in [5.41, 5.74) is -0.647. The first kappa shape index (κ1) is 31.6. The Balaban J connectivity index is 2.12. The normalized spacial score (nSPS) is 33.2. The Kier molecular flexibility index (Phi) is 12.0. The zero-order valence-electron chi connectivity index (χ0n) is 23.6. The largest absolute Gasteiger partial charge is 0.457 e. The first-order chi connectivity index (χ1) is 17.8. The van der Waals surface area contributed by atoms with Gasteiger partial charge in [0, 0.05) is 31.3 Å². The van der Waals surface area contributed by atoms with Crippen molar-refractivity contribution < 1.29 is 38.8 Å². The number of likely N-dealkylation sites (tertiary alicyclic amines) is 1. The number of carbonyl (C=O) groups is 3. The molecule has 1 saturated heterocycles. The molecule has 2 aliphatic heterocycles. The first-order valence-corrected chi connectivity index (χ1v) is 13.5. The number of aliphatic hydroxyl groups excluding tert-OH is 1. The van der Waals surface area contributed by atoms with Crippen LogP contribution in [0.5, 0.6) is 0 Å². The molecule has 1 amide bonds. The summed E-state index contributed by atoms with van der Waals surface area (Å²) in [4.78, 5) is 38.2. The van der Waals surface area contributed by atoms with E-state index < -0.39 is 35.9 Å². The van der Waals surface area contributed by atoms with Gasteiger partial charge in [0.15, 0.2) is 0 Å². The van der Waals surface area contributed by atoms with Crippen LogP contribution in [0, 0.1) is 11.8 Å². The third kappa shape index (κ3) is 9.91. The molecule has 7 atom stereocenters. The lowest BCUT2D eigenvalue weighted by molar-refractivity contribution is -0.157. The first-order valence-electron chi connectivity index (χ1n) is 13.5. The highest BCUT2D eigenvalue weighted by molar-refractivity contribution is 5.70. The maximum Gasteiger partial charge on any atom is 0.410 e. The Bertz CT molecular complexity index is 908. The van der Waals surface area contributed by atoms with Crippen LogP contribution in [0.25, 0.3) is 0 Å². The van der Waals surface area contributed by atoms with Crippen LogP contribution < -0.4 is 0 Å². The monoisotopic (exact) mass is 535 g/mol. The highest BCUT2D eigenvalue weighted by Gasteiger charge is 2.35. The van der Waals surface area contributed by atoms with E-state index in [4.69, 9.17) is 14.2 Å². The van der Waals surface area contributed by atoms with Crippen LogP contribution >= 0.6 is 0 Å². The summed E-state index contributed by atoms with van der Waals surface area (Å²) in [5.74, 6) is -1.39. The molecule has 0 aromatic carbocycles. The fourth-order valence-corrected chi connectivity index (χ4v) is 4.67. The molecule has 9 heteroatoms. The number of ether oxygens (including phenoxy) is 3. The number of hydrogen-bond acceptors (Lipinski definition) is 8. The highest BCUT2D eigenvalue weighted by atomic mass is 16.6. The third-order valence-corrected chi connectivity index (χ3v) is 7.12. The Morgan fingerprint density at radius 3 is 2.61 bits per heavy atom. The predicted octanol–water partition coefficient (Wildman–Crippen LogP) is 4.08. The van der Waals surface area contributed by atoms with Gasteiger partial charge in [-0.15, -0.1) is 0 Å².